The van der Waals surface area contributed by atoms with Crippen LogP contribution < -0.4 is 0 Å². The van der Waals surface area contributed by atoms with Crippen molar-refractivity contribution in [2.45, 2.75) is 14.4 Å². The molecule has 0 saturated carbocycles. The van der Waals surface area contributed by atoms with Crippen LogP contribution in [-0.4, -0.2) is 5.24 Å². The highest BCUT2D eigenvalue weighted by Crippen LogP contribution is 1.67. The van der Waals surface area contributed by atoms with Crippen molar-refractivity contribution < 1.29 is 4.79 Å². The number of carbonyl (C=O) groups is 1. The van der Waals surface area contributed by atoms with E-state index < -0.39 is 0 Å². The number of hydrogen-bond acceptors (Lipinski definition) is 1. The van der Waals surface area contributed by atoms with Crippen LogP contribution in [0.25, 0.3) is 0 Å². The quantitative estimate of drug-likeness (QED) is 0.415. The fraction of sp³-hybridized carbons (Fsp3) is 0.667. The predicted molar refractivity (Wildman–Crippen MR) is 23.3 cm³/mol. The van der Waals surface area contributed by atoms with E-state index in [1.807, 2.05) is 0 Å². The Labute approximate surface area is 36.9 Å². The van der Waals surface area contributed by atoms with Crippen LogP contribution in [0.4, 0.5) is 0 Å². The summed E-state index contributed by atoms with van der Waals surface area (Å²) in [4.78, 5) is 9.21. The first-order valence-electron chi connectivity index (χ1n) is 0.893. The maximum Gasteiger partial charge on any atom is 0.218 e. The van der Waals surface area contributed by atoms with Crippen LogP contribution in [0.15, 0.2) is 0 Å². The second kappa shape index (κ2) is 3.96. The van der Waals surface area contributed by atoms with Gasteiger partial charge in [0.25, 0.3) is 0 Å². The molecule has 2 heteroatoms. The summed E-state index contributed by atoms with van der Waals surface area (Å²) in [6.07, 6.45) is 0. The molecule has 0 unspecified atom stereocenters. The van der Waals surface area contributed by atoms with Gasteiger partial charge < -0.3 is 0 Å². The van der Waals surface area contributed by atoms with Gasteiger partial charge in [-0.05, 0) is 11.6 Å². The number of rotatable bonds is 0. The smallest absolute Gasteiger partial charge is 0.218 e. The molecule has 0 rings (SSSR count). The molecule has 0 aliphatic carbocycles. The van der Waals surface area contributed by atoms with E-state index in [-0.39, 0.29) is 12.7 Å². The molecule has 0 aromatic rings. The SMILES string of the molecule is C.CC(=O)Cl. The van der Waals surface area contributed by atoms with Crippen molar-refractivity contribution in [3.05, 3.63) is 0 Å². The number of hydrogen-bond donors (Lipinski definition) is 0. The van der Waals surface area contributed by atoms with Crippen molar-refractivity contribution in [2.75, 3.05) is 0 Å². The maximum atomic E-state index is 9.21. The highest BCUT2D eigenvalue weighted by Gasteiger charge is 1.67. The Kier molecular flexibility index (Phi) is 7.03. The minimum Gasteiger partial charge on any atom is -0.282 e. The average molecular weight is 94.5 g/mol. The molecule has 0 atom stereocenters. The van der Waals surface area contributed by atoms with Crippen LogP contribution in [0.1, 0.15) is 14.4 Å². The molecule has 1 nitrogen and oxygen atoms in total. The Morgan fingerprint density at radius 3 is 1.80 bits per heavy atom. The second-order valence-electron chi connectivity index (χ2n) is 0.470. The summed E-state index contributed by atoms with van der Waals surface area (Å²) < 4.78 is 0. The standard InChI is InChI=1S/C2H3ClO.CH4/c1-2(3)4;/h1H3;1H4. The van der Waals surface area contributed by atoms with Crippen LogP contribution >= 0.6 is 11.6 Å². The molecule has 0 radical (unpaired) electrons. The Morgan fingerprint density at radius 2 is 1.80 bits per heavy atom. The second-order valence-corrected chi connectivity index (χ2v) is 1.00. The van der Waals surface area contributed by atoms with E-state index in [1.165, 1.54) is 6.92 Å². The van der Waals surface area contributed by atoms with Crippen LogP contribution in [0.2, 0.25) is 0 Å². The molecule has 0 fully saturated rings. The molecule has 0 spiro atoms. The third-order valence-electron chi connectivity index (χ3n) is 0. The lowest BCUT2D eigenvalue weighted by molar-refractivity contribution is -0.109. The minimum absolute atomic E-state index is 0. The van der Waals surface area contributed by atoms with Crippen LogP contribution in [-0.2, 0) is 4.79 Å². The zero-order chi connectivity index (χ0) is 3.58. The van der Waals surface area contributed by atoms with Crippen molar-refractivity contribution in [1.29, 1.82) is 0 Å². The van der Waals surface area contributed by atoms with E-state index in [4.69, 9.17) is 0 Å². The normalized spacial score (nSPS) is 5.20. The summed E-state index contributed by atoms with van der Waals surface area (Å²) in [5, 5.41) is -0.361. The van der Waals surface area contributed by atoms with Gasteiger partial charge in [-0.3, -0.25) is 4.79 Å². The molecule has 0 aromatic heterocycles. The largest absolute Gasteiger partial charge is 0.282 e. The topological polar surface area (TPSA) is 17.1 Å². The van der Waals surface area contributed by atoms with Crippen molar-refractivity contribution >= 4 is 16.8 Å². The molecule has 0 heterocycles. The fourth-order valence-electron chi connectivity index (χ4n) is 0. The van der Waals surface area contributed by atoms with Crippen LogP contribution in [0.3, 0.4) is 0 Å². The highest BCUT2D eigenvalue weighted by molar-refractivity contribution is 6.62. The summed E-state index contributed by atoms with van der Waals surface area (Å²) in [6, 6.07) is 0. The number of halogens is 1. The van der Waals surface area contributed by atoms with Gasteiger partial charge in [0.2, 0.25) is 5.24 Å². The molecule has 0 N–H and O–H groups in total. The van der Waals surface area contributed by atoms with Gasteiger partial charge in [-0.25, -0.2) is 0 Å². The summed E-state index contributed by atoms with van der Waals surface area (Å²) in [5.41, 5.74) is 0. The lowest BCUT2D eigenvalue weighted by Gasteiger charge is -1.52. The van der Waals surface area contributed by atoms with Gasteiger partial charge in [-0.15, -0.1) is 0 Å². The summed E-state index contributed by atoms with van der Waals surface area (Å²) in [5.74, 6) is 0. The highest BCUT2D eigenvalue weighted by atomic mass is 35.5. The van der Waals surface area contributed by atoms with Gasteiger partial charge in [0.05, 0.1) is 0 Å². The van der Waals surface area contributed by atoms with E-state index in [1.54, 1.807) is 0 Å². The summed E-state index contributed by atoms with van der Waals surface area (Å²) in [7, 11) is 0. The molecular weight excluding hydrogens is 87.5 g/mol. The first-order valence-corrected chi connectivity index (χ1v) is 1.27. The number of carbonyl (C=O) groups excluding carboxylic acids is 1. The third-order valence-corrected chi connectivity index (χ3v) is 0. The molecule has 0 aliphatic rings. The Balaban J connectivity index is 0. The average Bonchev–Trinajstić information content (AvgIpc) is 0.811. The van der Waals surface area contributed by atoms with Crippen molar-refractivity contribution in [3.8, 4) is 0 Å². The lowest BCUT2D eigenvalue weighted by atomic mass is 10.9. The first-order chi connectivity index (χ1) is 1.73. The zero-order valence-electron chi connectivity index (χ0n) is 2.29. The molecular formula is C3H7ClO. The van der Waals surface area contributed by atoms with E-state index in [2.05, 4.69) is 11.6 Å². The molecule has 0 aliphatic heterocycles. The zero-order valence-corrected chi connectivity index (χ0v) is 3.04. The lowest BCUT2D eigenvalue weighted by Crippen LogP contribution is -1.62. The maximum absolute atomic E-state index is 9.21. The van der Waals surface area contributed by atoms with Crippen LogP contribution in [0.5, 0.6) is 0 Å². The van der Waals surface area contributed by atoms with Gasteiger partial charge in [0, 0.05) is 6.92 Å². The van der Waals surface area contributed by atoms with Gasteiger partial charge in [0.15, 0.2) is 0 Å². The van der Waals surface area contributed by atoms with Crippen molar-refractivity contribution in [1.82, 2.24) is 0 Å². The summed E-state index contributed by atoms with van der Waals surface area (Å²) >= 11 is 4.64. The molecule has 0 saturated heterocycles. The van der Waals surface area contributed by atoms with Gasteiger partial charge in [-0.1, -0.05) is 7.43 Å². The molecule has 0 bridgehead atoms. The predicted octanol–water partition coefficient (Wildman–Crippen LogP) is 1.41. The summed E-state index contributed by atoms with van der Waals surface area (Å²) in [6.45, 7) is 1.29. The molecule has 5 heavy (non-hydrogen) atoms. The third kappa shape index (κ3) is 9510. The van der Waals surface area contributed by atoms with E-state index >= 15 is 0 Å². The minimum atomic E-state index is -0.361. The Bertz CT molecular complexity index is 29.9. The molecule has 0 aromatic carbocycles. The fourth-order valence-corrected chi connectivity index (χ4v) is 0. The monoisotopic (exact) mass is 94.0 g/mol. The van der Waals surface area contributed by atoms with Gasteiger partial charge in [0.1, 0.15) is 0 Å². The van der Waals surface area contributed by atoms with Crippen molar-refractivity contribution in [2.24, 2.45) is 0 Å². The molecule has 0 amide bonds. The van der Waals surface area contributed by atoms with Gasteiger partial charge in [-0.2, -0.15) is 0 Å². The molecule has 32 valence electrons. The Morgan fingerprint density at radius 1 is 1.80 bits per heavy atom. The van der Waals surface area contributed by atoms with E-state index in [9.17, 15) is 4.79 Å². The van der Waals surface area contributed by atoms with E-state index in [0.29, 0.717) is 0 Å². The van der Waals surface area contributed by atoms with E-state index in [0.717, 1.165) is 0 Å². The Hall–Kier alpha value is -0.0400. The first kappa shape index (κ1) is 8.88. The van der Waals surface area contributed by atoms with Crippen molar-refractivity contribution in [3.63, 3.8) is 0 Å². The van der Waals surface area contributed by atoms with Crippen LogP contribution in [0, 0.1) is 0 Å². The van der Waals surface area contributed by atoms with Gasteiger partial charge >= 0.3 is 0 Å².